The lowest BCUT2D eigenvalue weighted by Crippen LogP contribution is -2.38. The van der Waals surface area contributed by atoms with Crippen molar-refractivity contribution in [3.05, 3.63) is 34.9 Å². The largest absolute Gasteiger partial charge is 0.504 e. The van der Waals surface area contributed by atoms with E-state index in [1.807, 2.05) is 12.1 Å². The summed E-state index contributed by atoms with van der Waals surface area (Å²) in [6.07, 6.45) is 1.77. The molecule has 5 nitrogen and oxygen atoms in total. The molecule has 0 saturated carbocycles. The average molecular weight is 341 g/mol. The van der Waals surface area contributed by atoms with Crippen molar-refractivity contribution >= 4 is 0 Å². The molecular formula is C20H23NO4. The Morgan fingerprint density at radius 2 is 1.80 bits per heavy atom. The van der Waals surface area contributed by atoms with Crippen LogP contribution in [0.2, 0.25) is 0 Å². The first-order valence-electron chi connectivity index (χ1n) is 8.66. The van der Waals surface area contributed by atoms with Crippen molar-refractivity contribution in [2.45, 2.75) is 25.8 Å². The van der Waals surface area contributed by atoms with E-state index in [0.717, 1.165) is 42.6 Å². The van der Waals surface area contributed by atoms with Crippen LogP contribution in [0.5, 0.6) is 23.0 Å². The van der Waals surface area contributed by atoms with Crippen LogP contribution in [0.4, 0.5) is 0 Å². The summed E-state index contributed by atoms with van der Waals surface area (Å²) < 4.78 is 10.7. The number of hydrogen-bond acceptors (Lipinski definition) is 5. The number of methoxy groups -OCH3 is 2. The van der Waals surface area contributed by atoms with E-state index < -0.39 is 0 Å². The maximum atomic E-state index is 10.9. The number of hydrogen-bond donors (Lipinski definition) is 2. The van der Waals surface area contributed by atoms with Gasteiger partial charge in [0.05, 0.1) is 14.2 Å². The minimum absolute atomic E-state index is 0.0822. The lowest BCUT2D eigenvalue weighted by atomic mass is 9.76. The zero-order valence-electron chi connectivity index (χ0n) is 14.8. The minimum Gasteiger partial charge on any atom is -0.504 e. The number of phenolic OH excluding ortho intramolecular Hbond substituents is 2. The second kappa shape index (κ2) is 5.85. The summed E-state index contributed by atoms with van der Waals surface area (Å²) in [6.45, 7) is 4.12. The molecule has 2 aromatic carbocycles. The Balaban J connectivity index is 2.03. The molecule has 0 fully saturated rings. The molecule has 4 rings (SSSR count). The highest BCUT2D eigenvalue weighted by Crippen LogP contribution is 2.53. The normalized spacial score (nSPS) is 18.4. The Kier molecular flexibility index (Phi) is 3.76. The monoisotopic (exact) mass is 341 g/mol. The van der Waals surface area contributed by atoms with Crippen LogP contribution in [0.1, 0.15) is 29.7 Å². The van der Waals surface area contributed by atoms with E-state index in [4.69, 9.17) is 9.47 Å². The van der Waals surface area contributed by atoms with Crippen LogP contribution in [0.25, 0.3) is 11.1 Å². The molecular weight excluding hydrogens is 318 g/mol. The van der Waals surface area contributed by atoms with E-state index in [1.54, 1.807) is 20.3 Å². The summed E-state index contributed by atoms with van der Waals surface area (Å²) in [7, 11) is 3.12. The Bertz CT molecular complexity index is 846. The molecule has 2 aromatic rings. The molecule has 1 unspecified atom stereocenters. The second-order valence-electron chi connectivity index (χ2n) is 6.65. The van der Waals surface area contributed by atoms with Crippen LogP contribution in [0.3, 0.4) is 0 Å². The predicted octanol–water partition coefficient (Wildman–Crippen LogP) is 3.26. The molecule has 1 aliphatic carbocycles. The molecule has 25 heavy (non-hydrogen) atoms. The van der Waals surface area contributed by atoms with Crippen molar-refractivity contribution in [3.63, 3.8) is 0 Å². The number of likely N-dealkylation sites (N-methyl/N-ethyl adjacent to an activating group) is 1. The molecule has 2 N–H and O–H groups in total. The molecule has 2 aliphatic rings. The summed E-state index contributed by atoms with van der Waals surface area (Å²) in [5.74, 6) is 1.18. The van der Waals surface area contributed by atoms with E-state index in [9.17, 15) is 10.2 Å². The van der Waals surface area contributed by atoms with Crippen LogP contribution in [0, 0.1) is 0 Å². The first-order valence-corrected chi connectivity index (χ1v) is 8.66. The van der Waals surface area contributed by atoms with Gasteiger partial charge < -0.3 is 19.7 Å². The molecule has 1 heterocycles. The fraction of sp³-hybridized carbons (Fsp3) is 0.400. The Labute approximate surface area is 147 Å². The van der Waals surface area contributed by atoms with Gasteiger partial charge in [0.15, 0.2) is 23.0 Å². The Morgan fingerprint density at radius 3 is 2.48 bits per heavy atom. The average Bonchev–Trinajstić information content (AvgIpc) is 2.63. The lowest BCUT2D eigenvalue weighted by Gasteiger charge is -2.41. The molecule has 5 heteroatoms. The lowest BCUT2D eigenvalue weighted by molar-refractivity contribution is 0.191. The highest BCUT2D eigenvalue weighted by atomic mass is 16.5. The van der Waals surface area contributed by atoms with Gasteiger partial charge in [0.25, 0.3) is 0 Å². The van der Waals surface area contributed by atoms with Gasteiger partial charge in [0, 0.05) is 18.2 Å². The zero-order chi connectivity index (χ0) is 17.7. The van der Waals surface area contributed by atoms with E-state index in [1.165, 1.54) is 11.1 Å². The van der Waals surface area contributed by atoms with E-state index in [2.05, 4.69) is 11.8 Å². The maximum Gasteiger partial charge on any atom is 0.166 e. The van der Waals surface area contributed by atoms with Crippen LogP contribution in [-0.4, -0.2) is 42.4 Å². The maximum absolute atomic E-state index is 10.9. The van der Waals surface area contributed by atoms with Gasteiger partial charge >= 0.3 is 0 Å². The SMILES string of the molecule is CCN1CCc2cc(OC)c(O)c3c2C1Cc1cc(OC)c(O)cc1-3. The standard InChI is InChI=1S/C20H23NO4/c1-4-21-6-5-11-8-17(25-3)20(23)19-13-10-15(22)16(24-2)9-12(13)7-14(21)18(11)19/h8-10,14,22-23H,4-7H2,1-3H3. The third kappa shape index (κ3) is 2.26. The Hall–Kier alpha value is -2.40. The molecule has 0 aromatic heterocycles. The van der Waals surface area contributed by atoms with Crippen molar-refractivity contribution in [3.8, 4) is 34.1 Å². The topological polar surface area (TPSA) is 62.2 Å². The Morgan fingerprint density at radius 1 is 1.08 bits per heavy atom. The van der Waals surface area contributed by atoms with E-state index >= 15 is 0 Å². The van der Waals surface area contributed by atoms with E-state index in [0.29, 0.717) is 11.5 Å². The summed E-state index contributed by atoms with van der Waals surface area (Å²) in [5, 5.41) is 21.1. The molecule has 0 amide bonds. The number of aromatic hydroxyl groups is 2. The summed E-state index contributed by atoms with van der Waals surface area (Å²) >= 11 is 0. The predicted molar refractivity (Wildman–Crippen MR) is 95.7 cm³/mol. The molecule has 132 valence electrons. The van der Waals surface area contributed by atoms with Crippen molar-refractivity contribution in [2.75, 3.05) is 27.3 Å². The molecule has 1 atom stereocenters. The quantitative estimate of drug-likeness (QED) is 0.897. The third-order valence-corrected chi connectivity index (χ3v) is 5.55. The van der Waals surface area contributed by atoms with Crippen LogP contribution < -0.4 is 9.47 Å². The molecule has 0 radical (unpaired) electrons. The van der Waals surface area contributed by atoms with Gasteiger partial charge in [-0.05, 0) is 59.8 Å². The summed E-state index contributed by atoms with van der Waals surface area (Å²) in [6, 6.07) is 5.77. The van der Waals surface area contributed by atoms with Crippen molar-refractivity contribution in [1.82, 2.24) is 4.90 Å². The van der Waals surface area contributed by atoms with Crippen molar-refractivity contribution in [1.29, 1.82) is 0 Å². The third-order valence-electron chi connectivity index (χ3n) is 5.55. The number of ether oxygens (including phenoxy) is 2. The number of rotatable bonds is 3. The van der Waals surface area contributed by atoms with Crippen molar-refractivity contribution < 1.29 is 19.7 Å². The van der Waals surface area contributed by atoms with Gasteiger partial charge in [-0.2, -0.15) is 0 Å². The highest BCUT2D eigenvalue weighted by molar-refractivity contribution is 5.84. The fourth-order valence-corrected chi connectivity index (χ4v) is 4.33. The number of phenols is 2. The van der Waals surface area contributed by atoms with Gasteiger partial charge in [-0.3, -0.25) is 4.90 Å². The number of benzene rings is 2. The summed E-state index contributed by atoms with van der Waals surface area (Å²) in [4.78, 5) is 2.44. The van der Waals surface area contributed by atoms with Gasteiger partial charge in [-0.15, -0.1) is 0 Å². The van der Waals surface area contributed by atoms with Crippen LogP contribution in [-0.2, 0) is 12.8 Å². The second-order valence-corrected chi connectivity index (χ2v) is 6.65. The highest BCUT2D eigenvalue weighted by Gasteiger charge is 2.37. The zero-order valence-corrected chi connectivity index (χ0v) is 14.8. The molecule has 0 saturated heterocycles. The molecule has 0 bridgehead atoms. The smallest absolute Gasteiger partial charge is 0.166 e. The molecule has 1 aliphatic heterocycles. The van der Waals surface area contributed by atoms with Crippen LogP contribution in [0.15, 0.2) is 18.2 Å². The first-order chi connectivity index (χ1) is 12.1. The number of fused-ring (bicyclic) bond motifs is 2. The van der Waals surface area contributed by atoms with Crippen LogP contribution >= 0.6 is 0 Å². The fourth-order valence-electron chi connectivity index (χ4n) is 4.33. The summed E-state index contributed by atoms with van der Waals surface area (Å²) in [5.41, 5.74) is 5.11. The van der Waals surface area contributed by atoms with E-state index in [-0.39, 0.29) is 17.5 Å². The first kappa shape index (κ1) is 16.1. The van der Waals surface area contributed by atoms with Crippen molar-refractivity contribution in [2.24, 2.45) is 0 Å². The van der Waals surface area contributed by atoms with Gasteiger partial charge in [0.2, 0.25) is 0 Å². The van der Waals surface area contributed by atoms with Gasteiger partial charge in [0.1, 0.15) is 0 Å². The minimum atomic E-state index is 0.0822. The number of nitrogens with zero attached hydrogens (tertiary/aromatic N) is 1. The molecule has 0 spiro atoms. The van der Waals surface area contributed by atoms with Gasteiger partial charge in [-0.1, -0.05) is 6.92 Å². The van der Waals surface area contributed by atoms with Gasteiger partial charge in [-0.25, -0.2) is 0 Å².